The molecule has 1 aromatic heterocycles. The molecule has 3 rings (SSSR count). The minimum Gasteiger partial charge on any atom is -0.465 e. The van der Waals surface area contributed by atoms with Crippen LogP contribution in [0.2, 0.25) is 0 Å². The molecule has 0 unspecified atom stereocenters. The van der Waals surface area contributed by atoms with Crippen LogP contribution in [0, 0.1) is 5.92 Å². The third-order valence-corrected chi connectivity index (χ3v) is 4.16. The van der Waals surface area contributed by atoms with Gasteiger partial charge in [-0.1, -0.05) is 36.8 Å². The standard InChI is InChI=1S/C19H21NO2/c21-19(12-11-18-10-5-13-22-18)20(15-17-8-4-9-17)14-16-6-2-1-3-7-16/h1-3,5-7,10-13,17H,4,8-9,14-15H2/b12-11+. The largest absolute Gasteiger partial charge is 0.465 e. The van der Waals surface area contributed by atoms with Crippen LogP contribution in [0.25, 0.3) is 6.08 Å². The molecule has 0 spiro atoms. The number of hydrogen-bond acceptors (Lipinski definition) is 2. The fraction of sp³-hybridized carbons (Fsp3) is 0.316. The SMILES string of the molecule is O=C(/C=C/c1ccco1)N(Cc1ccccc1)CC1CCC1. The molecule has 1 aromatic carbocycles. The molecular weight excluding hydrogens is 274 g/mol. The monoisotopic (exact) mass is 295 g/mol. The lowest BCUT2D eigenvalue weighted by molar-refractivity contribution is -0.127. The molecular formula is C19H21NO2. The molecule has 114 valence electrons. The number of nitrogens with zero attached hydrogens (tertiary/aromatic N) is 1. The molecule has 2 aromatic rings. The lowest BCUT2D eigenvalue weighted by Gasteiger charge is -2.32. The highest BCUT2D eigenvalue weighted by molar-refractivity contribution is 5.91. The molecule has 3 heteroatoms. The van der Waals surface area contributed by atoms with Crippen LogP contribution in [0.4, 0.5) is 0 Å². The number of benzene rings is 1. The van der Waals surface area contributed by atoms with Crippen molar-refractivity contribution in [1.29, 1.82) is 0 Å². The van der Waals surface area contributed by atoms with Crippen molar-refractivity contribution in [2.75, 3.05) is 6.54 Å². The van der Waals surface area contributed by atoms with Gasteiger partial charge in [0.1, 0.15) is 5.76 Å². The van der Waals surface area contributed by atoms with Crippen LogP contribution in [0.5, 0.6) is 0 Å². The molecule has 22 heavy (non-hydrogen) atoms. The van der Waals surface area contributed by atoms with E-state index in [4.69, 9.17) is 4.42 Å². The maximum absolute atomic E-state index is 12.5. The Morgan fingerprint density at radius 1 is 1.18 bits per heavy atom. The van der Waals surface area contributed by atoms with Gasteiger partial charge in [0.05, 0.1) is 6.26 Å². The molecule has 0 aliphatic heterocycles. The van der Waals surface area contributed by atoms with Crippen molar-refractivity contribution in [2.24, 2.45) is 5.92 Å². The number of rotatable bonds is 6. The zero-order valence-corrected chi connectivity index (χ0v) is 12.7. The van der Waals surface area contributed by atoms with E-state index in [0.717, 1.165) is 6.54 Å². The van der Waals surface area contributed by atoms with Gasteiger partial charge in [0.2, 0.25) is 5.91 Å². The highest BCUT2D eigenvalue weighted by Gasteiger charge is 2.22. The second-order valence-electron chi connectivity index (χ2n) is 5.85. The van der Waals surface area contributed by atoms with Crippen molar-refractivity contribution in [2.45, 2.75) is 25.8 Å². The van der Waals surface area contributed by atoms with Gasteiger partial charge in [-0.25, -0.2) is 0 Å². The molecule has 0 saturated heterocycles. The minimum atomic E-state index is 0.0483. The molecule has 0 N–H and O–H groups in total. The van der Waals surface area contributed by atoms with Crippen LogP contribution in [0.1, 0.15) is 30.6 Å². The zero-order chi connectivity index (χ0) is 15.2. The summed E-state index contributed by atoms with van der Waals surface area (Å²) in [5, 5.41) is 0. The quantitative estimate of drug-likeness (QED) is 0.751. The van der Waals surface area contributed by atoms with E-state index in [1.807, 2.05) is 35.2 Å². The molecule has 0 radical (unpaired) electrons. The Labute approximate surface area is 131 Å². The molecule has 0 bridgehead atoms. The van der Waals surface area contributed by atoms with E-state index < -0.39 is 0 Å². The van der Waals surface area contributed by atoms with E-state index >= 15 is 0 Å². The van der Waals surface area contributed by atoms with Gasteiger partial charge in [-0.2, -0.15) is 0 Å². The number of hydrogen-bond donors (Lipinski definition) is 0. The second kappa shape index (κ2) is 7.12. The minimum absolute atomic E-state index is 0.0483. The van der Waals surface area contributed by atoms with E-state index in [1.165, 1.54) is 24.8 Å². The molecule has 1 amide bonds. The summed E-state index contributed by atoms with van der Waals surface area (Å²) in [6.45, 7) is 1.51. The summed E-state index contributed by atoms with van der Waals surface area (Å²) in [7, 11) is 0. The number of carbonyl (C=O) groups excluding carboxylic acids is 1. The lowest BCUT2D eigenvalue weighted by atomic mass is 9.85. The van der Waals surface area contributed by atoms with Crippen LogP contribution in [-0.4, -0.2) is 17.4 Å². The average molecular weight is 295 g/mol. The first kappa shape index (κ1) is 14.6. The van der Waals surface area contributed by atoms with Crippen LogP contribution in [0.15, 0.2) is 59.2 Å². The van der Waals surface area contributed by atoms with Crippen molar-refractivity contribution in [3.63, 3.8) is 0 Å². The molecule has 1 aliphatic carbocycles. The van der Waals surface area contributed by atoms with E-state index in [2.05, 4.69) is 12.1 Å². The van der Waals surface area contributed by atoms with Crippen molar-refractivity contribution < 1.29 is 9.21 Å². The van der Waals surface area contributed by atoms with Crippen molar-refractivity contribution in [1.82, 2.24) is 4.90 Å². The first-order chi connectivity index (χ1) is 10.8. The third-order valence-electron chi connectivity index (χ3n) is 4.16. The van der Waals surface area contributed by atoms with E-state index in [1.54, 1.807) is 18.4 Å². The summed E-state index contributed by atoms with van der Waals surface area (Å²) >= 11 is 0. The summed E-state index contributed by atoms with van der Waals surface area (Å²) in [5.74, 6) is 1.41. The Morgan fingerprint density at radius 3 is 2.64 bits per heavy atom. The van der Waals surface area contributed by atoms with Crippen LogP contribution < -0.4 is 0 Å². The predicted molar refractivity (Wildman–Crippen MR) is 86.9 cm³/mol. The fourth-order valence-electron chi connectivity index (χ4n) is 2.67. The van der Waals surface area contributed by atoms with Gasteiger partial charge in [-0.05, 0) is 42.5 Å². The third kappa shape index (κ3) is 3.88. The molecule has 1 aliphatic rings. The number of furan rings is 1. The first-order valence-electron chi connectivity index (χ1n) is 7.86. The summed E-state index contributed by atoms with van der Waals surface area (Å²) in [6.07, 6.45) is 8.73. The van der Waals surface area contributed by atoms with Gasteiger partial charge in [-0.3, -0.25) is 4.79 Å². The van der Waals surface area contributed by atoms with Gasteiger partial charge in [0.15, 0.2) is 0 Å². The van der Waals surface area contributed by atoms with Crippen LogP contribution in [0.3, 0.4) is 0 Å². The second-order valence-corrected chi connectivity index (χ2v) is 5.85. The van der Waals surface area contributed by atoms with Crippen molar-refractivity contribution in [3.05, 3.63) is 66.1 Å². The van der Waals surface area contributed by atoms with Crippen LogP contribution >= 0.6 is 0 Å². The Hall–Kier alpha value is -2.29. The highest BCUT2D eigenvalue weighted by atomic mass is 16.3. The Morgan fingerprint density at radius 2 is 2.00 bits per heavy atom. The van der Waals surface area contributed by atoms with E-state index in [-0.39, 0.29) is 5.91 Å². The number of carbonyl (C=O) groups is 1. The summed E-state index contributed by atoms with van der Waals surface area (Å²) in [4.78, 5) is 14.5. The Bertz CT molecular complexity index is 612. The molecule has 1 heterocycles. The Kier molecular flexibility index (Phi) is 4.74. The van der Waals surface area contributed by atoms with Crippen molar-refractivity contribution in [3.8, 4) is 0 Å². The summed E-state index contributed by atoms with van der Waals surface area (Å²) in [6, 6.07) is 13.8. The normalized spacial score (nSPS) is 14.9. The molecule has 1 saturated carbocycles. The lowest BCUT2D eigenvalue weighted by Crippen LogP contribution is -2.36. The van der Waals surface area contributed by atoms with E-state index in [9.17, 15) is 4.79 Å². The van der Waals surface area contributed by atoms with Gasteiger partial charge < -0.3 is 9.32 Å². The van der Waals surface area contributed by atoms with Gasteiger partial charge >= 0.3 is 0 Å². The van der Waals surface area contributed by atoms with Crippen molar-refractivity contribution >= 4 is 12.0 Å². The summed E-state index contributed by atoms with van der Waals surface area (Å²) < 4.78 is 5.24. The maximum atomic E-state index is 12.5. The van der Waals surface area contributed by atoms with Gasteiger partial charge in [0.25, 0.3) is 0 Å². The molecule has 1 fully saturated rings. The summed E-state index contributed by atoms with van der Waals surface area (Å²) in [5.41, 5.74) is 1.17. The average Bonchev–Trinajstić information content (AvgIpc) is 3.01. The van der Waals surface area contributed by atoms with Gasteiger partial charge in [-0.15, -0.1) is 0 Å². The predicted octanol–water partition coefficient (Wildman–Crippen LogP) is 4.12. The van der Waals surface area contributed by atoms with Crippen LogP contribution in [-0.2, 0) is 11.3 Å². The number of amides is 1. The Balaban J connectivity index is 1.67. The van der Waals surface area contributed by atoms with Gasteiger partial charge in [0, 0.05) is 19.2 Å². The molecule has 3 nitrogen and oxygen atoms in total. The molecule has 0 atom stereocenters. The highest BCUT2D eigenvalue weighted by Crippen LogP contribution is 2.27. The van der Waals surface area contributed by atoms with E-state index in [0.29, 0.717) is 18.2 Å². The first-order valence-corrected chi connectivity index (χ1v) is 7.86. The maximum Gasteiger partial charge on any atom is 0.246 e. The fourth-order valence-corrected chi connectivity index (χ4v) is 2.67. The topological polar surface area (TPSA) is 33.5 Å². The zero-order valence-electron chi connectivity index (χ0n) is 12.7. The smallest absolute Gasteiger partial charge is 0.246 e.